The van der Waals surface area contributed by atoms with E-state index in [0.29, 0.717) is 22.4 Å². The van der Waals surface area contributed by atoms with Gasteiger partial charge < -0.3 is 4.52 Å². The Balaban J connectivity index is 2.41. The monoisotopic (exact) mass is 265 g/mol. The van der Waals surface area contributed by atoms with Gasteiger partial charge in [-0.3, -0.25) is 4.79 Å². The normalized spacial score (nSPS) is 10.6. The van der Waals surface area contributed by atoms with Crippen molar-refractivity contribution in [1.29, 1.82) is 0 Å². The Hall–Kier alpha value is -2.87. The number of aryl methyl sites for hydroxylation is 1. The summed E-state index contributed by atoms with van der Waals surface area (Å²) in [7, 11) is 0. The standard InChI is InChI=1S/C15H11N3O2/c1-3-9-18-15(19)12-10(2)17-20-14(12)13(16-18)11-7-5-4-6-8-11/h1,4-8H,9H2,2H3. The van der Waals surface area contributed by atoms with Gasteiger partial charge in [0.2, 0.25) is 5.58 Å². The number of aromatic nitrogens is 3. The molecule has 0 fully saturated rings. The first-order valence-corrected chi connectivity index (χ1v) is 6.08. The fraction of sp³-hybridized carbons (Fsp3) is 0.133. The largest absolute Gasteiger partial charge is 0.353 e. The highest BCUT2D eigenvalue weighted by Gasteiger charge is 2.18. The highest BCUT2D eigenvalue weighted by atomic mass is 16.5. The van der Waals surface area contributed by atoms with Gasteiger partial charge in [-0.05, 0) is 6.92 Å². The fourth-order valence-corrected chi connectivity index (χ4v) is 2.10. The molecular formula is C15H11N3O2. The summed E-state index contributed by atoms with van der Waals surface area (Å²) in [6.45, 7) is 1.83. The molecule has 5 heteroatoms. The Morgan fingerprint density at radius 1 is 1.35 bits per heavy atom. The number of terminal acetylenes is 1. The summed E-state index contributed by atoms with van der Waals surface area (Å²) >= 11 is 0. The minimum atomic E-state index is -0.281. The van der Waals surface area contributed by atoms with Crippen molar-refractivity contribution in [1.82, 2.24) is 14.9 Å². The van der Waals surface area contributed by atoms with Crippen LogP contribution >= 0.6 is 0 Å². The average molecular weight is 265 g/mol. The van der Waals surface area contributed by atoms with E-state index in [9.17, 15) is 4.79 Å². The molecule has 0 bridgehead atoms. The van der Waals surface area contributed by atoms with Crippen LogP contribution in [0.1, 0.15) is 5.69 Å². The van der Waals surface area contributed by atoms with Crippen molar-refractivity contribution < 1.29 is 4.52 Å². The Morgan fingerprint density at radius 2 is 2.10 bits per heavy atom. The third-order valence-electron chi connectivity index (χ3n) is 3.04. The van der Waals surface area contributed by atoms with Gasteiger partial charge in [0.15, 0.2) is 0 Å². The topological polar surface area (TPSA) is 60.9 Å². The number of hydrogen-bond donors (Lipinski definition) is 0. The van der Waals surface area contributed by atoms with E-state index in [4.69, 9.17) is 10.9 Å². The van der Waals surface area contributed by atoms with Crippen molar-refractivity contribution in [3.8, 4) is 23.6 Å². The van der Waals surface area contributed by atoms with Crippen molar-refractivity contribution in [3.05, 3.63) is 46.4 Å². The zero-order valence-electron chi connectivity index (χ0n) is 10.8. The highest BCUT2D eigenvalue weighted by Crippen LogP contribution is 2.25. The van der Waals surface area contributed by atoms with Crippen LogP contribution < -0.4 is 5.56 Å². The lowest BCUT2D eigenvalue weighted by Gasteiger charge is -2.05. The molecule has 3 rings (SSSR count). The highest BCUT2D eigenvalue weighted by molar-refractivity contribution is 5.90. The Kier molecular flexibility index (Phi) is 2.84. The molecule has 0 aliphatic rings. The smallest absolute Gasteiger partial charge is 0.280 e. The maximum atomic E-state index is 12.3. The maximum Gasteiger partial charge on any atom is 0.280 e. The van der Waals surface area contributed by atoms with E-state index in [0.717, 1.165) is 5.56 Å². The molecule has 5 nitrogen and oxygen atoms in total. The van der Waals surface area contributed by atoms with Gasteiger partial charge in [0.25, 0.3) is 5.56 Å². The molecule has 0 spiro atoms. The molecule has 0 N–H and O–H groups in total. The lowest BCUT2D eigenvalue weighted by Crippen LogP contribution is -2.23. The molecule has 0 radical (unpaired) electrons. The third-order valence-corrected chi connectivity index (χ3v) is 3.04. The van der Waals surface area contributed by atoms with E-state index in [1.165, 1.54) is 4.68 Å². The van der Waals surface area contributed by atoms with Gasteiger partial charge in [0, 0.05) is 5.56 Å². The molecule has 0 aliphatic carbocycles. The summed E-state index contributed by atoms with van der Waals surface area (Å²) in [6.07, 6.45) is 5.29. The van der Waals surface area contributed by atoms with E-state index in [2.05, 4.69) is 16.2 Å². The summed E-state index contributed by atoms with van der Waals surface area (Å²) in [4.78, 5) is 12.3. The molecule has 20 heavy (non-hydrogen) atoms. The summed E-state index contributed by atoms with van der Waals surface area (Å²) < 4.78 is 6.53. The SMILES string of the molecule is C#CCn1nc(-c2ccccc2)c2onc(C)c2c1=O. The summed E-state index contributed by atoms with van der Waals surface area (Å²) in [5.74, 6) is 2.43. The van der Waals surface area contributed by atoms with Crippen LogP contribution in [0, 0.1) is 19.3 Å². The number of hydrogen-bond acceptors (Lipinski definition) is 4. The van der Waals surface area contributed by atoms with Gasteiger partial charge in [0.1, 0.15) is 17.6 Å². The number of rotatable bonds is 2. The molecule has 0 unspecified atom stereocenters. The second kappa shape index (κ2) is 4.67. The summed E-state index contributed by atoms with van der Waals surface area (Å²) in [6, 6.07) is 9.48. The fourth-order valence-electron chi connectivity index (χ4n) is 2.10. The molecule has 0 saturated carbocycles. The van der Waals surface area contributed by atoms with Crippen LogP contribution in [0.2, 0.25) is 0 Å². The van der Waals surface area contributed by atoms with E-state index < -0.39 is 0 Å². The van der Waals surface area contributed by atoms with Crippen LogP contribution in [0.4, 0.5) is 0 Å². The van der Waals surface area contributed by atoms with Gasteiger partial charge in [-0.1, -0.05) is 41.4 Å². The third kappa shape index (κ3) is 1.79. The van der Waals surface area contributed by atoms with E-state index in [-0.39, 0.29) is 12.1 Å². The van der Waals surface area contributed by atoms with E-state index in [1.807, 2.05) is 30.3 Å². The Bertz CT molecular complexity index is 870. The lowest BCUT2D eigenvalue weighted by molar-refractivity contribution is 0.449. The van der Waals surface area contributed by atoms with Gasteiger partial charge in [0.05, 0.1) is 5.69 Å². The van der Waals surface area contributed by atoms with Crippen LogP contribution in [0.15, 0.2) is 39.6 Å². The predicted molar refractivity (Wildman–Crippen MR) is 75.1 cm³/mol. The van der Waals surface area contributed by atoms with Crippen molar-refractivity contribution >= 4 is 11.0 Å². The molecule has 0 saturated heterocycles. The van der Waals surface area contributed by atoms with Crippen LogP contribution in [0.25, 0.3) is 22.2 Å². The zero-order chi connectivity index (χ0) is 14.1. The zero-order valence-corrected chi connectivity index (χ0v) is 10.8. The second-order valence-electron chi connectivity index (χ2n) is 4.35. The first-order valence-electron chi connectivity index (χ1n) is 6.08. The van der Waals surface area contributed by atoms with Crippen molar-refractivity contribution in [2.75, 3.05) is 0 Å². The summed E-state index contributed by atoms with van der Waals surface area (Å²) in [5, 5.41) is 8.59. The quantitative estimate of drug-likeness (QED) is 0.665. The number of benzene rings is 1. The minimum Gasteiger partial charge on any atom is -0.353 e. The van der Waals surface area contributed by atoms with Crippen LogP contribution in [-0.4, -0.2) is 14.9 Å². The molecule has 0 aliphatic heterocycles. The molecule has 0 atom stereocenters. The van der Waals surface area contributed by atoms with Crippen LogP contribution in [0.3, 0.4) is 0 Å². The van der Waals surface area contributed by atoms with Gasteiger partial charge >= 0.3 is 0 Å². The van der Waals surface area contributed by atoms with Gasteiger partial charge in [-0.25, -0.2) is 4.68 Å². The molecule has 98 valence electrons. The molecule has 2 aromatic heterocycles. The van der Waals surface area contributed by atoms with E-state index >= 15 is 0 Å². The van der Waals surface area contributed by atoms with E-state index in [1.54, 1.807) is 6.92 Å². The molecular weight excluding hydrogens is 254 g/mol. The molecule has 3 aromatic rings. The number of fused-ring (bicyclic) bond motifs is 1. The summed E-state index contributed by atoms with van der Waals surface area (Å²) in [5.41, 5.74) is 2.06. The Morgan fingerprint density at radius 3 is 2.80 bits per heavy atom. The maximum absolute atomic E-state index is 12.3. The first kappa shape index (κ1) is 12.2. The molecule has 2 heterocycles. The number of nitrogens with zero attached hydrogens (tertiary/aromatic N) is 3. The van der Waals surface area contributed by atoms with Gasteiger partial charge in [-0.2, -0.15) is 5.10 Å². The predicted octanol–water partition coefficient (Wildman–Crippen LogP) is 1.99. The Labute approximate surface area is 114 Å². The van der Waals surface area contributed by atoms with Crippen molar-refractivity contribution in [2.45, 2.75) is 13.5 Å². The minimum absolute atomic E-state index is 0.110. The van der Waals surface area contributed by atoms with Gasteiger partial charge in [-0.15, -0.1) is 6.42 Å². The average Bonchev–Trinajstić information content (AvgIpc) is 2.86. The van der Waals surface area contributed by atoms with Crippen LogP contribution in [0.5, 0.6) is 0 Å². The molecule has 0 amide bonds. The van der Waals surface area contributed by atoms with Crippen molar-refractivity contribution in [2.24, 2.45) is 0 Å². The second-order valence-corrected chi connectivity index (χ2v) is 4.35. The lowest BCUT2D eigenvalue weighted by atomic mass is 10.1. The molecule has 1 aromatic carbocycles. The first-order chi connectivity index (χ1) is 9.72. The van der Waals surface area contributed by atoms with Crippen molar-refractivity contribution in [3.63, 3.8) is 0 Å². The van der Waals surface area contributed by atoms with Crippen LogP contribution in [-0.2, 0) is 6.54 Å².